The molecule has 3 nitrogen and oxygen atoms in total. The molecule has 0 fully saturated rings. The number of hydrogen-bond acceptors (Lipinski definition) is 2. The van der Waals surface area contributed by atoms with Gasteiger partial charge in [-0.3, -0.25) is 4.99 Å². The van der Waals surface area contributed by atoms with Crippen LogP contribution in [0.2, 0.25) is 0 Å². The predicted molar refractivity (Wildman–Crippen MR) is 53.9 cm³/mol. The summed E-state index contributed by atoms with van der Waals surface area (Å²) >= 11 is 0. The normalized spacial score (nSPS) is 15.0. The molecule has 0 aliphatic heterocycles. The summed E-state index contributed by atoms with van der Waals surface area (Å²) in [6.07, 6.45) is 1.24. The molecule has 0 N–H and O–H groups in total. The van der Waals surface area contributed by atoms with Crippen molar-refractivity contribution in [2.24, 2.45) is 10.9 Å². The number of aliphatic imine (C=N–C) groups is 1. The van der Waals surface area contributed by atoms with Crippen molar-refractivity contribution in [3.8, 4) is 0 Å². The lowest BCUT2D eigenvalue weighted by atomic mass is 10.1. The summed E-state index contributed by atoms with van der Waals surface area (Å²) < 4.78 is 1.78. The fraction of sp³-hybridized carbons (Fsp3) is 0.778. The number of rotatable bonds is 5. The Balaban J connectivity index is 4.33. The Hall–Kier alpha value is -0.860. The molecule has 0 aromatic carbocycles. The molecule has 0 aliphatic rings. The molecular formula is C9H20N3+. The van der Waals surface area contributed by atoms with Gasteiger partial charge in [-0.25, -0.2) is 0 Å². The maximum absolute atomic E-state index is 4.07. The summed E-state index contributed by atoms with van der Waals surface area (Å²) in [4.78, 5) is 4.07. The number of nitrogens with zero attached hydrogens (tertiary/aromatic N) is 3. The van der Waals surface area contributed by atoms with Gasteiger partial charge in [0.15, 0.2) is 19.9 Å². The molecule has 2 unspecified atom stereocenters. The quantitative estimate of drug-likeness (QED) is 0.345. The lowest BCUT2D eigenvalue weighted by Gasteiger charge is -2.24. The molecule has 0 amide bonds. The minimum absolute atomic E-state index is 0.137. The van der Waals surface area contributed by atoms with Crippen molar-refractivity contribution in [3.63, 3.8) is 0 Å². The topological polar surface area (TPSA) is 18.6 Å². The van der Waals surface area contributed by atoms with Gasteiger partial charge < -0.3 is 0 Å². The second-order valence-corrected chi connectivity index (χ2v) is 3.21. The molecule has 0 aromatic heterocycles. The lowest BCUT2D eigenvalue weighted by molar-refractivity contribution is -0.665. The van der Waals surface area contributed by atoms with Gasteiger partial charge in [0, 0.05) is 5.92 Å². The maximum Gasteiger partial charge on any atom is 0.174 e. The van der Waals surface area contributed by atoms with Gasteiger partial charge in [0.05, 0.1) is 7.05 Å². The molecule has 0 saturated carbocycles. The summed E-state index contributed by atoms with van der Waals surface area (Å²) in [5, 5.41) is 1.99. The van der Waals surface area contributed by atoms with Crippen LogP contribution in [0.3, 0.4) is 0 Å². The summed E-state index contributed by atoms with van der Waals surface area (Å²) in [5.74, 6) is 0.511. The molecule has 0 heterocycles. The highest BCUT2D eigenvalue weighted by Crippen LogP contribution is 2.13. The smallest absolute Gasteiger partial charge is 0.174 e. The van der Waals surface area contributed by atoms with Crippen molar-refractivity contribution < 1.29 is 4.68 Å². The summed E-state index contributed by atoms with van der Waals surface area (Å²) in [6.45, 7) is 11.7. The molecule has 70 valence electrons. The van der Waals surface area contributed by atoms with Crippen molar-refractivity contribution >= 4 is 13.4 Å². The Morgan fingerprint density at radius 1 is 1.58 bits per heavy atom. The Bertz CT molecular complexity index is 165. The van der Waals surface area contributed by atoms with Crippen LogP contribution in [0.1, 0.15) is 20.3 Å². The van der Waals surface area contributed by atoms with Crippen LogP contribution in [0.5, 0.6) is 0 Å². The van der Waals surface area contributed by atoms with E-state index in [0.29, 0.717) is 5.92 Å². The van der Waals surface area contributed by atoms with Gasteiger partial charge in [-0.1, -0.05) is 13.8 Å². The lowest BCUT2D eigenvalue weighted by Crippen LogP contribution is -2.40. The van der Waals surface area contributed by atoms with E-state index in [9.17, 15) is 0 Å². The molecule has 3 heteroatoms. The second-order valence-electron chi connectivity index (χ2n) is 3.21. The van der Waals surface area contributed by atoms with Crippen LogP contribution in [-0.2, 0) is 0 Å². The molecule has 0 radical (unpaired) electrons. The van der Waals surface area contributed by atoms with E-state index in [1.54, 1.807) is 4.68 Å². The van der Waals surface area contributed by atoms with Gasteiger partial charge in [0.25, 0.3) is 0 Å². The van der Waals surface area contributed by atoms with Crippen molar-refractivity contribution in [1.82, 2.24) is 5.01 Å². The molecule has 0 bridgehead atoms. The molecular weight excluding hydrogens is 150 g/mol. The van der Waals surface area contributed by atoms with Crippen molar-refractivity contribution in [1.29, 1.82) is 0 Å². The third kappa shape index (κ3) is 2.64. The van der Waals surface area contributed by atoms with Gasteiger partial charge in [-0.15, -0.1) is 4.68 Å². The number of hydrazine groups is 1. The van der Waals surface area contributed by atoms with Crippen molar-refractivity contribution in [2.75, 3.05) is 14.1 Å². The second kappa shape index (κ2) is 4.91. The zero-order valence-electron chi connectivity index (χ0n) is 8.62. The van der Waals surface area contributed by atoms with E-state index >= 15 is 0 Å². The Kier molecular flexibility index (Phi) is 4.55. The highest BCUT2D eigenvalue weighted by Gasteiger charge is 2.22. The first-order valence-corrected chi connectivity index (χ1v) is 4.27. The maximum atomic E-state index is 4.07. The van der Waals surface area contributed by atoms with Gasteiger partial charge in [-0.05, 0) is 13.1 Å². The predicted octanol–water partition coefficient (Wildman–Crippen LogP) is 1.25. The third-order valence-electron chi connectivity index (χ3n) is 2.26. The van der Waals surface area contributed by atoms with E-state index in [0.717, 1.165) is 6.42 Å². The average Bonchev–Trinajstić information content (AvgIpc) is 2.05. The van der Waals surface area contributed by atoms with Crippen LogP contribution in [0.15, 0.2) is 4.99 Å². The monoisotopic (exact) mass is 170 g/mol. The van der Waals surface area contributed by atoms with E-state index in [1.165, 1.54) is 0 Å². The first kappa shape index (κ1) is 11.1. The highest BCUT2D eigenvalue weighted by atomic mass is 15.6. The minimum Gasteiger partial charge on any atom is -0.270 e. The Morgan fingerprint density at radius 3 is 2.33 bits per heavy atom. The Labute approximate surface area is 75.4 Å². The van der Waals surface area contributed by atoms with E-state index in [2.05, 4.69) is 32.3 Å². The third-order valence-corrected chi connectivity index (χ3v) is 2.26. The number of hydrazone groups is 1. The fourth-order valence-electron chi connectivity index (χ4n) is 1.08. The van der Waals surface area contributed by atoms with E-state index in [1.807, 2.05) is 19.1 Å². The standard InChI is InChI=1S/C9H20N3/c1-7-8(2)9(10-3)12(6)11(4)5/h8-9H,3-4,7H2,1-2,5-6H3/q+1. The Morgan fingerprint density at radius 2 is 2.08 bits per heavy atom. The zero-order valence-corrected chi connectivity index (χ0v) is 8.62. The van der Waals surface area contributed by atoms with Crippen molar-refractivity contribution in [3.05, 3.63) is 0 Å². The van der Waals surface area contributed by atoms with E-state index in [4.69, 9.17) is 0 Å². The van der Waals surface area contributed by atoms with E-state index in [-0.39, 0.29) is 6.17 Å². The van der Waals surface area contributed by atoms with Gasteiger partial charge >= 0.3 is 0 Å². The molecule has 12 heavy (non-hydrogen) atoms. The molecule has 0 rings (SSSR count). The average molecular weight is 170 g/mol. The molecule has 0 spiro atoms. The van der Waals surface area contributed by atoms with Gasteiger partial charge in [0.1, 0.15) is 0 Å². The summed E-state index contributed by atoms with van der Waals surface area (Å²) in [5.41, 5.74) is 0. The largest absolute Gasteiger partial charge is 0.270 e. The van der Waals surface area contributed by atoms with Crippen LogP contribution in [0.25, 0.3) is 0 Å². The first-order valence-electron chi connectivity index (χ1n) is 4.27. The molecule has 0 aromatic rings. The van der Waals surface area contributed by atoms with Crippen LogP contribution < -0.4 is 0 Å². The first-order chi connectivity index (χ1) is 5.54. The van der Waals surface area contributed by atoms with Crippen LogP contribution >= 0.6 is 0 Å². The van der Waals surface area contributed by atoms with Gasteiger partial charge in [-0.2, -0.15) is 5.01 Å². The van der Waals surface area contributed by atoms with Crippen molar-refractivity contribution in [2.45, 2.75) is 26.4 Å². The molecule has 0 aliphatic carbocycles. The minimum atomic E-state index is 0.137. The van der Waals surface area contributed by atoms with Crippen LogP contribution in [0.4, 0.5) is 0 Å². The zero-order chi connectivity index (χ0) is 9.72. The fourth-order valence-corrected chi connectivity index (χ4v) is 1.08. The van der Waals surface area contributed by atoms with Crippen LogP contribution in [-0.4, -0.2) is 43.4 Å². The SMILES string of the molecule is C=NC(C(C)CC)N(C)[N+](=C)C. The summed E-state index contributed by atoms with van der Waals surface area (Å²) in [7, 11) is 3.87. The summed E-state index contributed by atoms with van der Waals surface area (Å²) in [6, 6.07) is 0. The number of hydrogen-bond donors (Lipinski definition) is 0. The van der Waals surface area contributed by atoms with Crippen LogP contribution in [0, 0.1) is 5.92 Å². The highest BCUT2D eigenvalue weighted by molar-refractivity contribution is 5.24. The van der Waals surface area contributed by atoms with E-state index < -0.39 is 0 Å². The molecule has 2 atom stereocenters. The van der Waals surface area contributed by atoms with Gasteiger partial charge in [0.2, 0.25) is 0 Å². The molecule has 0 saturated heterocycles.